The van der Waals surface area contributed by atoms with Gasteiger partial charge in [-0.25, -0.2) is 9.59 Å². The van der Waals surface area contributed by atoms with E-state index in [0.717, 1.165) is 11.1 Å². The van der Waals surface area contributed by atoms with E-state index >= 15 is 0 Å². The van der Waals surface area contributed by atoms with Crippen molar-refractivity contribution in [3.63, 3.8) is 0 Å². The molecule has 4 amide bonds. The molecular weight excluding hydrogens is 598 g/mol. The molecule has 1 saturated heterocycles. The number of amides is 4. The predicted molar refractivity (Wildman–Crippen MR) is 169 cm³/mol. The molecule has 1 fully saturated rings. The van der Waals surface area contributed by atoms with E-state index in [2.05, 4.69) is 20.9 Å². The van der Waals surface area contributed by atoms with Crippen LogP contribution in [0.4, 0.5) is 26.7 Å². The number of piperidine rings is 1. The van der Waals surface area contributed by atoms with Crippen LogP contribution in [0.5, 0.6) is 0 Å². The number of fused-ring (bicyclic) bond motifs is 6. The maximum Gasteiger partial charge on any atom is 0.412 e. The number of nitrogens with one attached hydrogen (secondary N) is 3. The van der Waals surface area contributed by atoms with Crippen molar-refractivity contribution >= 4 is 52.7 Å². The highest BCUT2D eigenvalue weighted by Gasteiger charge is 2.47. The van der Waals surface area contributed by atoms with E-state index < -0.39 is 23.7 Å². The van der Waals surface area contributed by atoms with Gasteiger partial charge >= 0.3 is 12.2 Å². The highest BCUT2D eigenvalue weighted by atomic mass is 35.5. The molecule has 12 heteroatoms. The highest BCUT2D eigenvalue weighted by Crippen LogP contribution is 2.44. The Labute approximate surface area is 265 Å². The minimum absolute atomic E-state index is 0.108. The van der Waals surface area contributed by atoms with Crippen molar-refractivity contribution in [1.29, 1.82) is 0 Å². The Balaban J connectivity index is 1.35. The molecule has 1 aromatic heterocycles. The van der Waals surface area contributed by atoms with Gasteiger partial charge in [-0.3, -0.25) is 25.2 Å². The third-order valence-corrected chi connectivity index (χ3v) is 9.03. The standard InChI is InChI=1S/C33H34ClN5O6/c1-19-5-3-6-24(30(41)39-14-4-12-33(18-39)25-16-21(34)7-10-26(25)38-32(43)45-33)27-15-20(11-13-35-27)23-9-8-22(36-31(42)44-2)17-28(23)37-29(19)40/h7-11,13,15-17,19,24H,3-6,12,14,18H2,1-2H3,(H,36,42)(H,37,40)(H,38,43)/t19-,24+,33-/m0/s1. The lowest BCUT2D eigenvalue weighted by molar-refractivity contribution is -0.141. The maximum absolute atomic E-state index is 14.4. The average molecular weight is 632 g/mol. The van der Waals surface area contributed by atoms with Crippen LogP contribution in [0.1, 0.15) is 56.2 Å². The van der Waals surface area contributed by atoms with Crippen LogP contribution in [0.15, 0.2) is 54.7 Å². The third-order valence-electron chi connectivity index (χ3n) is 8.80. The molecule has 0 saturated carbocycles. The zero-order valence-corrected chi connectivity index (χ0v) is 25.8. The minimum Gasteiger partial charge on any atom is -0.453 e. The van der Waals surface area contributed by atoms with Crippen LogP contribution in [0.2, 0.25) is 5.02 Å². The maximum atomic E-state index is 14.4. The summed E-state index contributed by atoms with van der Waals surface area (Å²) >= 11 is 6.35. The summed E-state index contributed by atoms with van der Waals surface area (Å²) in [6.07, 6.45) is 3.35. The van der Waals surface area contributed by atoms with Crippen LogP contribution < -0.4 is 16.0 Å². The van der Waals surface area contributed by atoms with Crippen molar-refractivity contribution in [2.24, 2.45) is 5.92 Å². The van der Waals surface area contributed by atoms with Gasteiger partial charge in [-0.15, -0.1) is 0 Å². The van der Waals surface area contributed by atoms with Crippen LogP contribution in [-0.4, -0.2) is 54.1 Å². The van der Waals surface area contributed by atoms with E-state index in [4.69, 9.17) is 21.1 Å². The zero-order chi connectivity index (χ0) is 31.7. The Morgan fingerprint density at radius 3 is 2.73 bits per heavy atom. The summed E-state index contributed by atoms with van der Waals surface area (Å²) in [5.41, 5.74) is 3.44. The van der Waals surface area contributed by atoms with Gasteiger partial charge < -0.3 is 19.7 Å². The van der Waals surface area contributed by atoms with E-state index in [1.54, 1.807) is 47.5 Å². The number of halogens is 1. The SMILES string of the molecule is COC(=O)Nc1ccc2c(c1)NC(=O)[C@@H](C)CCC[C@@H](C(=O)N1CCC[C@@]3(C1)OC(=O)Nc1ccc(Cl)cc13)c1cc-2ccn1. The first-order chi connectivity index (χ1) is 21.7. The molecule has 11 nitrogen and oxygen atoms in total. The summed E-state index contributed by atoms with van der Waals surface area (Å²) in [5.74, 6) is -1.17. The van der Waals surface area contributed by atoms with Crippen molar-refractivity contribution in [3.8, 4) is 11.1 Å². The molecular formula is C33H34ClN5O6. The van der Waals surface area contributed by atoms with E-state index in [9.17, 15) is 19.2 Å². The van der Waals surface area contributed by atoms with Gasteiger partial charge in [-0.05, 0) is 73.7 Å². The van der Waals surface area contributed by atoms with Crippen LogP contribution in [0.3, 0.4) is 0 Å². The molecule has 0 aliphatic carbocycles. The number of anilines is 3. The first kappa shape index (κ1) is 30.4. The molecule has 2 bridgehead atoms. The molecule has 3 aliphatic rings. The highest BCUT2D eigenvalue weighted by molar-refractivity contribution is 6.30. The van der Waals surface area contributed by atoms with Crippen molar-refractivity contribution in [2.45, 2.75) is 50.5 Å². The van der Waals surface area contributed by atoms with Crippen molar-refractivity contribution in [2.75, 3.05) is 36.1 Å². The first-order valence-corrected chi connectivity index (χ1v) is 15.4. The number of carbonyl (C=O) groups excluding carboxylic acids is 4. The molecule has 2 aromatic carbocycles. The molecule has 6 rings (SSSR count). The quantitative estimate of drug-likeness (QED) is 0.293. The van der Waals surface area contributed by atoms with E-state index in [1.807, 2.05) is 19.1 Å². The van der Waals surface area contributed by atoms with Crippen LogP contribution >= 0.6 is 11.6 Å². The number of aromatic nitrogens is 1. The number of methoxy groups -OCH3 is 1. The fraction of sp³-hybridized carbons (Fsp3) is 0.364. The Hall–Kier alpha value is -4.64. The monoisotopic (exact) mass is 631 g/mol. The summed E-state index contributed by atoms with van der Waals surface area (Å²) < 4.78 is 10.6. The van der Waals surface area contributed by atoms with Gasteiger partial charge in [-0.1, -0.05) is 31.0 Å². The number of rotatable bonds is 2. The Morgan fingerprint density at radius 1 is 1.07 bits per heavy atom. The fourth-order valence-corrected chi connectivity index (χ4v) is 6.64. The lowest BCUT2D eigenvalue weighted by atomic mass is 9.82. The molecule has 3 aliphatic heterocycles. The van der Waals surface area contributed by atoms with Gasteiger partial charge in [0, 0.05) is 40.5 Å². The minimum atomic E-state index is -1.02. The molecule has 0 unspecified atom stereocenters. The molecule has 45 heavy (non-hydrogen) atoms. The van der Waals surface area contributed by atoms with Gasteiger partial charge in [0.25, 0.3) is 0 Å². The Bertz CT molecular complexity index is 1680. The number of hydrogen-bond donors (Lipinski definition) is 3. The van der Waals surface area contributed by atoms with Gasteiger partial charge in [0.15, 0.2) is 5.60 Å². The number of pyridine rings is 1. The summed E-state index contributed by atoms with van der Waals surface area (Å²) in [7, 11) is 1.28. The second-order valence-corrected chi connectivity index (χ2v) is 12.2. The van der Waals surface area contributed by atoms with E-state index in [1.165, 1.54) is 7.11 Å². The van der Waals surface area contributed by atoms with Crippen molar-refractivity contribution in [1.82, 2.24) is 9.88 Å². The second-order valence-electron chi connectivity index (χ2n) is 11.8. The van der Waals surface area contributed by atoms with Crippen LogP contribution in [-0.2, 0) is 24.7 Å². The molecule has 0 radical (unpaired) electrons. The molecule has 3 N–H and O–H groups in total. The van der Waals surface area contributed by atoms with Crippen LogP contribution in [0, 0.1) is 5.92 Å². The van der Waals surface area contributed by atoms with Crippen molar-refractivity contribution < 1.29 is 28.7 Å². The van der Waals surface area contributed by atoms with Crippen molar-refractivity contribution in [3.05, 3.63) is 71.0 Å². The lowest BCUT2D eigenvalue weighted by Crippen LogP contribution is -2.54. The topological polar surface area (TPSA) is 139 Å². The Morgan fingerprint density at radius 2 is 1.91 bits per heavy atom. The number of nitrogens with zero attached hydrogens (tertiary/aromatic N) is 2. The summed E-state index contributed by atoms with van der Waals surface area (Å²) in [5, 5.41) is 8.92. The number of carbonyl (C=O) groups is 4. The van der Waals surface area contributed by atoms with Gasteiger partial charge in [0.1, 0.15) is 0 Å². The second kappa shape index (κ2) is 12.4. The largest absolute Gasteiger partial charge is 0.453 e. The fourth-order valence-electron chi connectivity index (χ4n) is 6.47. The normalized spacial score (nSPS) is 22.8. The number of hydrogen-bond acceptors (Lipinski definition) is 7. The summed E-state index contributed by atoms with van der Waals surface area (Å²) in [6, 6.07) is 14.2. The predicted octanol–water partition coefficient (Wildman–Crippen LogP) is 6.50. The number of likely N-dealkylation sites (tertiary alicyclic amines) is 1. The molecule has 4 heterocycles. The molecule has 234 valence electrons. The summed E-state index contributed by atoms with van der Waals surface area (Å²) in [6.45, 7) is 2.56. The van der Waals surface area contributed by atoms with Gasteiger partial charge in [0.2, 0.25) is 11.8 Å². The number of benzene rings is 2. The van der Waals surface area contributed by atoms with Gasteiger partial charge in [0.05, 0.1) is 36.6 Å². The van der Waals surface area contributed by atoms with Crippen LogP contribution in [0.25, 0.3) is 11.1 Å². The molecule has 3 aromatic rings. The number of ether oxygens (including phenoxy) is 2. The molecule has 1 spiro atoms. The van der Waals surface area contributed by atoms with Gasteiger partial charge in [-0.2, -0.15) is 0 Å². The average Bonchev–Trinajstić information content (AvgIpc) is 3.03. The smallest absolute Gasteiger partial charge is 0.412 e. The molecule has 3 atom stereocenters. The zero-order valence-electron chi connectivity index (χ0n) is 25.0. The Kier molecular flexibility index (Phi) is 8.37. The first-order valence-electron chi connectivity index (χ1n) is 15.0. The van der Waals surface area contributed by atoms with E-state index in [0.29, 0.717) is 72.0 Å². The van der Waals surface area contributed by atoms with E-state index in [-0.39, 0.29) is 24.3 Å². The summed E-state index contributed by atoms with van der Waals surface area (Å²) in [4.78, 5) is 58.5. The lowest BCUT2D eigenvalue weighted by Gasteiger charge is -2.45. The third kappa shape index (κ3) is 6.17.